The Morgan fingerprint density at radius 1 is 1.13 bits per heavy atom. The molecule has 0 spiro atoms. The van der Waals surface area contributed by atoms with Gasteiger partial charge in [-0.25, -0.2) is 0 Å². The molecule has 31 heavy (non-hydrogen) atoms. The Kier molecular flexibility index (Phi) is 5.04. The number of hydrogen-bond acceptors (Lipinski definition) is 3. The number of rotatable bonds is 2. The van der Waals surface area contributed by atoms with Gasteiger partial charge in [-0.2, -0.15) is 5.10 Å². The predicted molar refractivity (Wildman–Crippen MR) is 123 cm³/mol. The van der Waals surface area contributed by atoms with Crippen LogP contribution in [0.4, 0.5) is 0 Å². The van der Waals surface area contributed by atoms with Crippen LogP contribution < -0.4 is 0 Å². The maximum Gasteiger partial charge on any atom is 0.165 e. The summed E-state index contributed by atoms with van der Waals surface area (Å²) in [7, 11) is 0. The lowest BCUT2D eigenvalue weighted by Crippen LogP contribution is -2.54. The third-order valence-electron chi connectivity index (χ3n) is 10.3. The highest BCUT2D eigenvalue weighted by Gasteiger charge is 2.61. The van der Waals surface area contributed by atoms with Gasteiger partial charge in [0.25, 0.3) is 0 Å². The van der Waals surface area contributed by atoms with E-state index in [0.29, 0.717) is 29.0 Å². The van der Waals surface area contributed by atoms with Gasteiger partial charge in [-0.1, -0.05) is 13.8 Å². The van der Waals surface area contributed by atoms with Gasteiger partial charge in [-0.05, 0) is 113 Å². The topological polar surface area (TPSA) is 55.1 Å². The van der Waals surface area contributed by atoms with E-state index in [4.69, 9.17) is 0 Å². The number of fused-ring (bicyclic) bond motifs is 5. The second kappa shape index (κ2) is 7.30. The molecule has 7 atom stereocenters. The number of nitrogens with zero attached hydrogens (tertiary/aromatic N) is 2. The van der Waals surface area contributed by atoms with Gasteiger partial charge in [0, 0.05) is 23.2 Å². The molecule has 4 aliphatic carbocycles. The average Bonchev–Trinajstić information content (AvgIpc) is 3.16. The first-order chi connectivity index (χ1) is 14.7. The van der Waals surface area contributed by atoms with Gasteiger partial charge in [0.2, 0.25) is 0 Å². The van der Waals surface area contributed by atoms with E-state index in [1.807, 2.05) is 4.68 Å². The minimum absolute atomic E-state index is 0.0957. The molecule has 0 aromatic carbocycles. The van der Waals surface area contributed by atoms with E-state index < -0.39 is 0 Å². The van der Waals surface area contributed by atoms with Crippen LogP contribution in [0.5, 0.6) is 0 Å². The largest absolute Gasteiger partial charge is 0.393 e. The Morgan fingerprint density at radius 3 is 2.61 bits per heavy atom. The predicted octanol–water partition coefficient (Wildman–Crippen LogP) is 5.49. The van der Waals surface area contributed by atoms with Crippen LogP contribution in [0.1, 0.15) is 89.1 Å². The fraction of sp³-hybridized carbons (Fsp3) is 0.778. The number of allylic oxidation sites excluding steroid dienone is 1. The van der Waals surface area contributed by atoms with Crippen molar-refractivity contribution in [3.8, 4) is 0 Å². The zero-order valence-corrected chi connectivity index (χ0v) is 20.1. The summed E-state index contributed by atoms with van der Waals surface area (Å²) in [5.41, 5.74) is 4.57. The Bertz CT molecular complexity index is 930. The van der Waals surface area contributed by atoms with E-state index >= 15 is 0 Å². The molecule has 0 saturated heterocycles. The molecule has 1 aromatic rings. The highest BCUT2D eigenvalue weighted by atomic mass is 16.3. The molecule has 4 heteroatoms. The summed E-state index contributed by atoms with van der Waals surface area (Å²) in [4.78, 5) is 13.7. The van der Waals surface area contributed by atoms with Crippen LogP contribution >= 0.6 is 0 Å². The highest BCUT2D eigenvalue weighted by Crippen LogP contribution is 2.66. The molecular formula is C27H40N2O2. The molecule has 4 nitrogen and oxygen atoms in total. The minimum Gasteiger partial charge on any atom is -0.393 e. The Morgan fingerprint density at radius 2 is 1.90 bits per heavy atom. The van der Waals surface area contributed by atoms with Crippen molar-refractivity contribution in [3.05, 3.63) is 22.5 Å². The van der Waals surface area contributed by atoms with E-state index in [1.54, 1.807) is 0 Å². The van der Waals surface area contributed by atoms with Gasteiger partial charge in [-0.3, -0.25) is 9.48 Å². The minimum atomic E-state index is -0.188. The maximum atomic E-state index is 13.7. The highest BCUT2D eigenvalue weighted by molar-refractivity contribution is 6.06. The number of ketones is 1. The van der Waals surface area contributed by atoms with Gasteiger partial charge in [0.15, 0.2) is 5.78 Å². The molecule has 4 fully saturated rings. The van der Waals surface area contributed by atoms with Crippen molar-refractivity contribution in [2.75, 3.05) is 0 Å². The summed E-state index contributed by atoms with van der Waals surface area (Å²) >= 11 is 0. The number of aromatic nitrogens is 2. The molecule has 0 amide bonds. The van der Waals surface area contributed by atoms with Crippen LogP contribution in [0.15, 0.2) is 5.57 Å². The number of Topliss-reactive ketones (excluding diaryl/α,β-unsaturated/α-hetero) is 1. The molecule has 4 aliphatic rings. The standard InChI is InChI=1S/C27H40N2O2/c1-6-29-17(3)22(16(2)28-29)13-18-14-24-21-8-7-19-15-20(30)9-11-26(19,4)23(21)10-12-27(24,5)25(18)31/h13,19-21,23-24,30H,6-12,14-15H2,1-5H3/b18-13+/t19-,20-,21-,23+,24+,26-,27+/m0/s1. The fourth-order valence-corrected chi connectivity index (χ4v) is 8.44. The number of aliphatic hydroxyl groups excluding tert-OH is 1. The Hall–Kier alpha value is -1.42. The first-order valence-corrected chi connectivity index (χ1v) is 12.7. The van der Waals surface area contributed by atoms with Crippen LogP contribution in [0.3, 0.4) is 0 Å². The number of aryl methyl sites for hydroxylation is 2. The number of hydrogen-bond donors (Lipinski definition) is 1. The summed E-state index contributed by atoms with van der Waals surface area (Å²) in [6.45, 7) is 12.0. The van der Waals surface area contributed by atoms with Gasteiger partial charge in [0.1, 0.15) is 0 Å². The molecule has 5 rings (SSSR count). The van der Waals surface area contributed by atoms with Crippen molar-refractivity contribution >= 4 is 11.9 Å². The van der Waals surface area contributed by atoms with E-state index in [1.165, 1.54) is 25.0 Å². The van der Waals surface area contributed by atoms with Crippen LogP contribution in [0.2, 0.25) is 0 Å². The SMILES string of the molecule is CCn1nc(C)c(/C=C2\C[C@@H]3[C@H]4CC[C@H]5C[C@@H](O)CC[C@]5(C)[C@@H]4CC[C@@]3(C)C2=O)c1C. The monoisotopic (exact) mass is 424 g/mol. The first kappa shape index (κ1) is 21.4. The normalized spacial score (nSPS) is 43.6. The zero-order valence-electron chi connectivity index (χ0n) is 20.1. The summed E-state index contributed by atoms with van der Waals surface area (Å²) < 4.78 is 2.05. The number of aliphatic hydroxyl groups is 1. The second-order valence-electron chi connectivity index (χ2n) is 11.6. The van der Waals surface area contributed by atoms with Crippen molar-refractivity contribution in [2.45, 2.75) is 98.6 Å². The van der Waals surface area contributed by atoms with Gasteiger partial charge in [0.05, 0.1) is 11.8 Å². The molecule has 1 N–H and O–H groups in total. The van der Waals surface area contributed by atoms with Crippen LogP contribution in [0, 0.1) is 48.3 Å². The van der Waals surface area contributed by atoms with Gasteiger partial charge in [-0.15, -0.1) is 0 Å². The third-order valence-corrected chi connectivity index (χ3v) is 10.3. The lowest BCUT2D eigenvalue weighted by molar-refractivity contribution is -0.141. The van der Waals surface area contributed by atoms with E-state index in [2.05, 4.69) is 45.8 Å². The second-order valence-corrected chi connectivity index (χ2v) is 11.6. The van der Waals surface area contributed by atoms with Gasteiger partial charge < -0.3 is 5.11 Å². The van der Waals surface area contributed by atoms with Gasteiger partial charge >= 0.3 is 0 Å². The number of carbonyl (C=O) groups excluding carboxylic acids is 1. The van der Waals surface area contributed by atoms with Crippen LogP contribution in [-0.4, -0.2) is 26.8 Å². The van der Waals surface area contributed by atoms with Crippen molar-refractivity contribution in [3.63, 3.8) is 0 Å². The lowest BCUT2D eigenvalue weighted by Gasteiger charge is -2.59. The van der Waals surface area contributed by atoms with E-state index in [9.17, 15) is 9.90 Å². The molecule has 0 bridgehead atoms. The van der Waals surface area contributed by atoms with E-state index in [-0.39, 0.29) is 11.5 Å². The maximum absolute atomic E-state index is 13.7. The van der Waals surface area contributed by atoms with Crippen LogP contribution in [0.25, 0.3) is 6.08 Å². The Labute approximate surface area is 187 Å². The molecule has 0 unspecified atom stereocenters. The molecular weight excluding hydrogens is 384 g/mol. The van der Waals surface area contributed by atoms with Crippen LogP contribution in [-0.2, 0) is 11.3 Å². The molecule has 4 saturated carbocycles. The molecule has 0 aliphatic heterocycles. The quantitative estimate of drug-likeness (QED) is 0.639. The third kappa shape index (κ3) is 3.03. The van der Waals surface area contributed by atoms with Crippen molar-refractivity contribution in [2.24, 2.45) is 34.5 Å². The first-order valence-electron chi connectivity index (χ1n) is 12.7. The fourth-order valence-electron chi connectivity index (χ4n) is 8.44. The van der Waals surface area contributed by atoms with Crippen molar-refractivity contribution < 1.29 is 9.90 Å². The number of carbonyl (C=O) groups is 1. The zero-order chi connectivity index (χ0) is 22.1. The average molecular weight is 425 g/mol. The lowest BCUT2D eigenvalue weighted by atomic mass is 9.45. The summed E-state index contributed by atoms with van der Waals surface area (Å²) in [6.07, 6.45) is 10.8. The summed E-state index contributed by atoms with van der Waals surface area (Å²) in [6, 6.07) is 0. The van der Waals surface area contributed by atoms with Crippen molar-refractivity contribution in [1.82, 2.24) is 9.78 Å². The summed E-state index contributed by atoms with van der Waals surface area (Å²) in [5.74, 6) is 2.93. The van der Waals surface area contributed by atoms with Crippen molar-refractivity contribution in [1.29, 1.82) is 0 Å². The smallest absolute Gasteiger partial charge is 0.165 e. The van der Waals surface area contributed by atoms with E-state index in [0.717, 1.165) is 61.4 Å². The molecule has 1 aromatic heterocycles. The summed E-state index contributed by atoms with van der Waals surface area (Å²) in [5, 5.41) is 14.9. The molecule has 0 radical (unpaired) electrons. The Balaban J connectivity index is 1.46. The molecule has 170 valence electrons. The molecule has 1 heterocycles.